The van der Waals surface area contributed by atoms with E-state index in [1.807, 2.05) is 6.92 Å². The van der Waals surface area contributed by atoms with Gasteiger partial charge in [0.2, 0.25) is 0 Å². The van der Waals surface area contributed by atoms with Crippen LogP contribution in [0.3, 0.4) is 0 Å². The van der Waals surface area contributed by atoms with Gasteiger partial charge in [-0.2, -0.15) is 0 Å². The third-order valence-corrected chi connectivity index (χ3v) is 5.39. The summed E-state index contributed by atoms with van der Waals surface area (Å²) in [5.74, 6) is -1.91. The molecule has 1 fully saturated rings. The van der Waals surface area contributed by atoms with Gasteiger partial charge in [-0.25, -0.2) is 18.7 Å². The first-order chi connectivity index (χ1) is 16.1. The predicted molar refractivity (Wildman–Crippen MR) is 118 cm³/mol. The van der Waals surface area contributed by atoms with Crippen molar-refractivity contribution in [2.75, 3.05) is 52.7 Å². The lowest BCUT2D eigenvalue weighted by Crippen LogP contribution is -2.39. The smallest absolute Gasteiger partial charge is 0.315 e. The summed E-state index contributed by atoms with van der Waals surface area (Å²) in [6.07, 6.45) is 0. The second-order valence-electron chi connectivity index (χ2n) is 7.54. The first-order valence-corrected chi connectivity index (χ1v) is 10.9. The third-order valence-electron chi connectivity index (χ3n) is 5.39. The van der Waals surface area contributed by atoms with Gasteiger partial charge in [0.05, 0.1) is 32.1 Å². The van der Waals surface area contributed by atoms with Crippen LogP contribution < -0.4 is 10.3 Å². The molecular formula is C23H26F2N4O4. The Morgan fingerprint density at radius 3 is 2.61 bits per heavy atom. The highest BCUT2D eigenvalue weighted by Gasteiger charge is 2.16. The lowest BCUT2D eigenvalue weighted by atomic mass is 10.1. The van der Waals surface area contributed by atoms with Crippen LogP contribution in [-0.2, 0) is 16.0 Å². The second kappa shape index (κ2) is 10.8. The van der Waals surface area contributed by atoms with Crippen LogP contribution in [-0.4, -0.2) is 72.1 Å². The van der Waals surface area contributed by atoms with Crippen molar-refractivity contribution in [1.82, 2.24) is 19.4 Å². The number of pyridine rings is 1. The Hall–Kier alpha value is -2.95. The van der Waals surface area contributed by atoms with Gasteiger partial charge in [0.25, 0.3) is 5.88 Å². The molecule has 0 N–H and O–H groups in total. The van der Waals surface area contributed by atoms with Crippen molar-refractivity contribution >= 4 is 11.2 Å². The minimum absolute atomic E-state index is 0.00497. The summed E-state index contributed by atoms with van der Waals surface area (Å²) in [4.78, 5) is 24.3. The van der Waals surface area contributed by atoms with Gasteiger partial charge in [0.1, 0.15) is 12.1 Å². The number of ether oxygens (including phenoxy) is 3. The van der Waals surface area contributed by atoms with E-state index in [4.69, 9.17) is 14.2 Å². The number of aromatic nitrogens is 3. The standard InChI is InChI=1S/C23H26F2N4O4/c1-2-31-13-10-29-21-20(6-5-19(26-21)16-3-4-17(24)18(25)15-16)27-22(23(29)30)33-14-9-28-7-11-32-12-8-28/h3-6,15H,2,7-14H2,1H3. The molecule has 3 heterocycles. The molecule has 8 nitrogen and oxygen atoms in total. The van der Waals surface area contributed by atoms with E-state index in [1.165, 1.54) is 10.6 Å². The lowest BCUT2D eigenvalue weighted by Gasteiger charge is -2.26. The Morgan fingerprint density at radius 2 is 1.85 bits per heavy atom. The number of morpholine rings is 1. The van der Waals surface area contributed by atoms with Gasteiger partial charge in [-0.3, -0.25) is 14.3 Å². The van der Waals surface area contributed by atoms with Gasteiger partial charge in [-0.15, -0.1) is 0 Å². The molecule has 0 saturated carbocycles. The van der Waals surface area contributed by atoms with Gasteiger partial charge in [0.15, 0.2) is 17.3 Å². The number of nitrogens with zero attached hydrogens (tertiary/aromatic N) is 4. The third kappa shape index (κ3) is 5.52. The number of halogens is 2. The SMILES string of the molecule is CCOCCn1c(=O)c(OCCN2CCOCC2)nc2ccc(-c3ccc(F)c(F)c3)nc21. The van der Waals surface area contributed by atoms with E-state index in [0.29, 0.717) is 62.0 Å². The quantitative estimate of drug-likeness (QED) is 0.454. The second-order valence-corrected chi connectivity index (χ2v) is 7.54. The van der Waals surface area contributed by atoms with Crippen LogP contribution in [0.2, 0.25) is 0 Å². The normalized spacial score (nSPS) is 14.6. The van der Waals surface area contributed by atoms with Crippen molar-refractivity contribution in [2.24, 2.45) is 0 Å². The molecule has 1 aromatic carbocycles. The fraction of sp³-hybridized carbons (Fsp3) is 0.435. The molecule has 0 spiro atoms. The predicted octanol–water partition coefficient (Wildman–Crippen LogP) is 2.48. The molecule has 4 rings (SSSR count). The lowest BCUT2D eigenvalue weighted by molar-refractivity contribution is 0.0319. The summed E-state index contributed by atoms with van der Waals surface area (Å²) in [6, 6.07) is 6.89. The van der Waals surface area contributed by atoms with Crippen molar-refractivity contribution in [3.63, 3.8) is 0 Å². The molecule has 0 amide bonds. The summed E-state index contributed by atoms with van der Waals surface area (Å²) in [7, 11) is 0. The van der Waals surface area contributed by atoms with Gasteiger partial charge in [0, 0.05) is 31.8 Å². The maximum absolute atomic E-state index is 13.7. The van der Waals surface area contributed by atoms with Crippen molar-refractivity contribution in [2.45, 2.75) is 13.5 Å². The zero-order chi connectivity index (χ0) is 23.2. The van der Waals surface area contributed by atoms with Crippen LogP contribution in [0.25, 0.3) is 22.4 Å². The zero-order valence-electron chi connectivity index (χ0n) is 18.4. The van der Waals surface area contributed by atoms with E-state index in [2.05, 4.69) is 14.9 Å². The zero-order valence-corrected chi connectivity index (χ0v) is 18.4. The minimum Gasteiger partial charge on any atom is -0.472 e. The molecular weight excluding hydrogens is 434 g/mol. The molecule has 0 bridgehead atoms. The maximum atomic E-state index is 13.7. The monoisotopic (exact) mass is 460 g/mol. The average Bonchev–Trinajstić information content (AvgIpc) is 2.83. The molecule has 1 saturated heterocycles. The van der Waals surface area contributed by atoms with Crippen molar-refractivity contribution in [3.05, 3.63) is 52.3 Å². The minimum atomic E-state index is -0.967. The molecule has 3 aromatic rings. The molecule has 0 atom stereocenters. The van der Waals surface area contributed by atoms with Crippen LogP contribution in [0, 0.1) is 11.6 Å². The highest BCUT2D eigenvalue weighted by Crippen LogP contribution is 2.22. The number of benzene rings is 1. The maximum Gasteiger partial charge on any atom is 0.315 e. The van der Waals surface area contributed by atoms with Gasteiger partial charge < -0.3 is 14.2 Å². The van der Waals surface area contributed by atoms with E-state index >= 15 is 0 Å². The molecule has 10 heteroatoms. The van der Waals surface area contributed by atoms with Crippen LogP contribution in [0.4, 0.5) is 8.78 Å². The van der Waals surface area contributed by atoms with Gasteiger partial charge in [-0.1, -0.05) is 0 Å². The van der Waals surface area contributed by atoms with Crippen LogP contribution in [0.1, 0.15) is 6.92 Å². The van der Waals surface area contributed by atoms with Crippen molar-refractivity contribution < 1.29 is 23.0 Å². The Bertz CT molecular complexity index is 1170. The van der Waals surface area contributed by atoms with Gasteiger partial charge in [-0.05, 0) is 37.3 Å². The Kier molecular flexibility index (Phi) is 7.58. The average molecular weight is 460 g/mol. The van der Waals surface area contributed by atoms with E-state index in [9.17, 15) is 13.6 Å². The molecule has 33 heavy (non-hydrogen) atoms. The molecule has 0 unspecified atom stereocenters. The van der Waals surface area contributed by atoms with Crippen LogP contribution in [0.15, 0.2) is 35.1 Å². The Morgan fingerprint density at radius 1 is 1.03 bits per heavy atom. The van der Waals surface area contributed by atoms with E-state index in [0.717, 1.165) is 25.2 Å². The Balaban J connectivity index is 1.64. The Labute approximate surface area is 189 Å². The first kappa shape index (κ1) is 23.2. The topological polar surface area (TPSA) is 78.7 Å². The molecule has 0 radical (unpaired) electrons. The highest BCUT2D eigenvalue weighted by atomic mass is 19.2. The highest BCUT2D eigenvalue weighted by molar-refractivity contribution is 5.75. The van der Waals surface area contributed by atoms with Crippen LogP contribution in [0.5, 0.6) is 5.88 Å². The molecule has 176 valence electrons. The molecule has 0 aliphatic carbocycles. The van der Waals surface area contributed by atoms with E-state index in [1.54, 1.807) is 12.1 Å². The molecule has 1 aliphatic rings. The van der Waals surface area contributed by atoms with Crippen LogP contribution >= 0.6 is 0 Å². The number of rotatable bonds is 9. The number of hydrogen-bond donors (Lipinski definition) is 0. The van der Waals surface area contributed by atoms with Crippen molar-refractivity contribution in [1.29, 1.82) is 0 Å². The summed E-state index contributed by atoms with van der Waals surface area (Å²) < 4.78 is 45.0. The fourth-order valence-corrected chi connectivity index (χ4v) is 3.61. The molecule has 2 aromatic heterocycles. The van der Waals surface area contributed by atoms with Crippen molar-refractivity contribution in [3.8, 4) is 17.1 Å². The largest absolute Gasteiger partial charge is 0.472 e. The molecule has 1 aliphatic heterocycles. The van der Waals surface area contributed by atoms with E-state index in [-0.39, 0.29) is 12.4 Å². The van der Waals surface area contributed by atoms with E-state index < -0.39 is 17.2 Å². The number of fused-ring (bicyclic) bond motifs is 1. The summed E-state index contributed by atoms with van der Waals surface area (Å²) >= 11 is 0. The van der Waals surface area contributed by atoms with Gasteiger partial charge >= 0.3 is 5.56 Å². The number of hydrogen-bond acceptors (Lipinski definition) is 7. The fourth-order valence-electron chi connectivity index (χ4n) is 3.61. The summed E-state index contributed by atoms with van der Waals surface area (Å²) in [5.41, 5.74) is 1.15. The summed E-state index contributed by atoms with van der Waals surface area (Å²) in [6.45, 7) is 6.93. The summed E-state index contributed by atoms with van der Waals surface area (Å²) in [5, 5.41) is 0. The first-order valence-electron chi connectivity index (χ1n) is 10.9.